The van der Waals surface area contributed by atoms with E-state index in [-0.39, 0.29) is 24.5 Å². The topological polar surface area (TPSA) is 113 Å². The van der Waals surface area contributed by atoms with Gasteiger partial charge in [-0.05, 0) is 60.9 Å². The number of nitro groups is 1. The first-order valence-corrected chi connectivity index (χ1v) is 13.4. The SMILES string of the molecule is CCOC(=O)C1=C(C)N=c2sc(=Cc3cccc(OCc4ccc([N+](=O)[O-])cc4)c3)c(=O)n2C1c1ccccc1. The van der Waals surface area contributed by atoms with Gasteiger partial charge in [0.15, 0.2) is 4.80 Å². The van der Waals surface area contributed by atoms with Crippen LogP contribution in [0, 0.1) is 10.1 Å². The van der Waals surface area contributed by atoms with Crippen molar-refractivity contribution < 1.29 is 19.2 Å². The third kappa shape index (κ3) is 5.48. The number of benzene rings is 3. The van der Waals surface area contributed by atoms with Gasteiger partial charge in [-0.2, -0.15) is 0 Å². The molecular formula is C30H25N3O6S. The molecule has 10 heteroatoms. The molecule has 5 rings (SSSR count). The molecule has 9 nitrogen and oxygen atoms in total. The number of ether oxygens (including phenoxy) is 2. The summed E-state index contributed by atoms with van der Waals surface area (Å²) in [5.74, 6) is 0.0900. The molecule has 1 aromatic heterocycles. The van der Waals surface area contributed by atoms with Crippen molar-refractivity contribution in [2.75, 3.05) is 6.61 Å². The monoisotopic (exact) mass is 555 g/mol. The fourth-order valence-corrected chi connectivity index (χ4v) is 5.51. The van der Waals surface area contributed by atoms with Crippen LogP contribution in [0.2, 0.25) is 0 Å². The number of esters is 1. The van der Waals surface area contributed by atoms with Crippen LogP contribution < -0.4 is 19.6 Å². The minimum Gasteiger partial charge on any atom is -0.489 e. The molecule has 4 aromatic rings. The zero-order chi connectivity index (χ0) is 28.2. The second kappa shape index (κ2) is 11.5. The highest BCUT2D eigenvalue weighted by atomic mass is 32.1. The number of carbonyl (C=O) groups excluding carboxylic acids is 1. The molecule has 1 aliphatic heterocycles. The van der Waals surface area contributed by atoms with Crippen LogP contribution in [0.4, 0.5) is 5.69 Å². The average molecular weight is 556 g/mol. The summed E-state index contributed by atoms with van der Waals surface area (Å²) in [5.41, 5.74) is 2.95. The van der Waals surface area contributed by atoms with Crippen LogP contribution >= 0.6 is 11.3 Å². The summed E-state index contributed by atoms with van der Waals surface area (Å²) in [6.45, 7) is 3.94. The number of thiazole rings is 1. The summed E-state index contributed by atoms with van der Waals surface area (Å²) < 4.78 is 13.2. The van der Waals surface area contributed by atoms with Gasteiger partial charge in [0.1, 0.15) is 12.4 Å². The Balaban J connectivity index is 1.48. The lowest BCUT2D eigenvalue weighted by Gasteiger charge is -2.24. The Labute approximate surface area is 233 Å². The molecule has 2 heterocycles. The number of nitrogens with zero attached hydrogens (tertiary/aromatic N) is 3. The molecule has 0 aliphatic carbocycles. The zero-order valence-corrected chi connectivity index (χ0v) is 22.6. The Bertz CT molecular complexity index is 1790. The molecule has 0 saturated carbocycles. The Morgan fingerprint density at radius 1 is 1.10 bits per heavy atom. The molecule has 1 aliphatic rings. The number of fused-ring (bicyclic) bond motifs is 1. The van der Waals surface area contributed by atoms with Crippen molar-refractivity contribution in [2.45, 2.75) is 26.5 Å². The first-order valence-electron chi connectivity index (χ1n) is 12.6. The van der Waals surface area contributed by atoms with E-state index in [1.807, 2.05) is 48.5 Å². The molecule has 1 unspecified atom stereocenters. The van der Waals surface area contributed by atoms with Crippen molar-refractivity contribution in [3.05, 3.63) is 137 Å². The minimum absolute atomic E-state index is 0.0197. The number of hydrogen-bond acceptors (Lipinski definition) is 8. The van der Waals surface area contributed by atoms with Gasteiger partial charge in [0.2, 0.25) is 0 Å². The normalized spacial score (nSPS) is 14.8. The standard InChI is InChI=1S/C30H25N3O6S/c1-3-38-29(35)26-19(2)31-30-32(27(26)22-9-5-4-6-10-22)28(34)25(40-30)17-21-8-7-11-24(16-21)39-18-20-12-14-23(15-13-20)33(36)37/h4-17,27H,3,18H2,1-2H3. The Hall–Kier alpha value is -4.83. The third-order valence-corrected chi connectivity index (χ3v) is 7.32. The number of carbonyl (C=O) groups is 1. The van der Waals surface area contributed by atoms with Crippen molar-refractivity contribution in [2.24, 2.45) is 4.99 Å². The highest BCUT2D eigenvalue weighted by molar-refractivity contribution is 7.07. The van der Waals surface area contributed by atoms with Crippen LogP contribution in [0.25, 0.3) is 6.08 Å². The van der Waals surface area contributed by atoms with Crippen LogP contribution in [-0.2, 0) is 16.1 Å². The number of non-ortho nitro benzene ring substituents is 1. The van der Waals surface area contributed by atoms with Gasteiger partial charge >= 0.3 is 5.97 Å². The zero-order valence-electron chi connectivity index (χ0n) is 21.8. The van der Waals surface area contributed by atoms with E-state index in [1.165, 1.54) is 23.5 Å². The van der Waals surface area contributed by atoms with E-state index < -0.39 is 16.9 Å². The van der Waals surface area contributed by atoms with Crippen molar-refractivity contribution in [1.82, 2.24) is 4.57 Å². The minimum atomic E-state index is -0.657. The van der Waals surface area contributed by atoms with E-state index in [0.29, 0.717) is 26.4 Å². The van der Waals surface area contributed by atoms with Crippen LogP contribution in [0.3, 0.4) is 0 Å². The smallest absolute Gasteiger partial charge is 0.338 e. The molecule has 0 fully saturated rings. The number of hydrogen-bond donors (Lipinski definition) is 0. The lowest BCUT2D eigenvalue weighted by Crippen LogP contribution is -2.39. The van der Waals surface area contributed by atoms with Crippen LogP contribution in [-0.4, -0.2) is 22.1 Å². The Morgan fingerprint density at radius 3 is 2.55 bits per heavy atom. The molecule has 0 bridgehead atoms. The van der Waals surface area contributed by atoms with E-state index in [0.717, 1.165) is 16.7 Å². The Morgan fingerprint density at radius 2 is 1.85 bits per heavy atom. The van der Waals surface area contributed by atoms with Gasteiger partial charge in [-0.3, -0.25) is 19.5 Å². The lowest BCUT2D eigenvalue weighted by molar-refractivity contribution is -0.384. The molecular weight excluding hydrogens is 530 g/mol. The largest absolute Gasteiger partial charge is 0.489 e. The van der Waals surface area contributed by atoms with Gasteiger partial charge in [-0.15, -0.1) is 0 Å². The van der Waals surface area contributed by atoms with Crippen LogP contribution in [0.5, 0.6) is 5.75 Å². The summed E-state index contributed by atoms with van der Waals surface area (Å²) in [5, 5.41) is 10.9. The van der Waals surface area contributed by atoms with Gasteiger partial charge in [0.25, 0.3) is 11.2 Å². The van der Waals surface area contributed by atoms with Crippen molar-refractivity contribution in [3.63, 3.8) is 0 Å². The van der Waals surface area contributed by atoms with E-state index in [2.05, 4.69) is 4.99 Å². The lowest BCUT2D eigenvalue weighted by atomic mass is 9.96. The summed E-state index contributed by atoms with van der Waals surface area (Å²) >= 11 is 1.25. The van der Waals surface area contributed by atoms with E-state index in [4.69, 9.17) is 9.47 Å². The Kier molecular flexibility index (Phi) is 7.70. The van der Waals surface area contributed by atoms with E-state index in [1.54, 1.807) is 42.7 Å². The molecule has 0 spiro atoms. The summed E-state index contributed by atoms with van der Waals surface area (Å²) in [6.07, 6.45) is 1.77. The molecule has 202 valence electrons. The van der Waals surface area contributed by atoms with Gasteiger partial charge in [0, 0.05) is 12.1 Å². The second-order valence-electron chi connectivity index (χ2n) is 9.00. The third-order valence-electron chi connectivity index (χ3n) is 6.34. The predicted octanol–water partition coefficient (Wildman–Crippen LogP) is 4.29. The predicted molar refractivity (Wildman–Crippen MR) is 151 cm³/mol. The molecule has 0 amide bonds. The summed E-state index contributed by atoms with van der Waals surface area (Å²) in [6, 6.07) is 22.2. The maximum Gasteiger partial charge on any atom is 0.338 e. The van der Waals surface area contributed by atoms with E-state index >= 15 is 0 Å². The van der Waals surface area contributed by atoms with Gasteiger partial charge in [-0.25, -0.2) is 9.79 Å². The first kappa shape index (κ1) is 26.8. The van der Waals surface area contributed by atoms with Crippen molar-refractivity contribution in [1.29, 1.82) is 0 Å². The molecule has 0 saturated heterocycles. The van der Waals surface area contributed by atoms with Gasteiger partial charge in [-0.1, -0.05) is 53.8 Å². The average Bonchev–Trinajstić information content (AvgIpc) is 3.26. The maximum absolute atomic E-state index is 13.7. The van der Waals surface area contributed by atoms with Crippen molar-refractivity contribution >= 4 is 29.1 Å². The van der Waals surface area contributed by atoms with Crippen LogP contribution in [0.15, 0.2) is 99.9 Å². The maximum atomic E-state index is 13.7. The number of allylic oxidation sites excluding steroid dienone is 1. The molecule has 0 radical (unpaired) electrons. The van der Waals surface area contributed by atoms with E-state index in [9.17, 15) is 19.7 Å². The van der Waals surface area contributed by atoms with Crippen molar-refractivity contribution in [3.8, 4) is 5.75 Å². The second-order valence-corrected chi connectivity index (χ2v) is 10.0. The summed E-state index contributed by atoms with van der Waals surface area (Å²) in [4.78, 5) is 42.2. The number of rotatable bonds is 8. The quantitative estimate of drug-likeness (QED) is 0.182. The molecule has 1 atom stereocenters. The molecule has 0 N–H and O–H groups in total. The van der Waals surface area contributed by atoms with Crippen LogP contribution in [0.1, 0.15) is 36.6 Å². The highest BCUT2D eigenvalue weighted by Crippen LogP contribution is 2.30. The van der Waals surface area contributed by atoms with Gasteiger partial charge in [0.05, 0.1) is 33.4 Å². The van der Waals surface area contributed by atoms with Gasteiger partial charge < -0.3 is 9.47 Å². The number of aromatic nitrogens is 1. The molecule has 3 aromatic carbocycles. The highest BCUT2D eigenvalue weighted by Gasteiger charge is 2.33. The summed E-state index contributed by atoms with van der Waals surface area (Å²) in [7, 11) is 0. The fraction of sp³-hybridized carbons (Fsp3) is 0.167. The fourth-order valence-electron chi connectivity index (χ4n) is 4.47. The molecule has 40 heavy (non-hydrogen) atoms. The number of nitro benzene ring substituents is 1. The first-order chi connectivity index (χ1) is 19.4.